The summed E-state index contributed by atoms with van der Waals surface area (Å²) in [5, 5.41) is 3.13. The number of carbonyl (C=O) groups is 1. The molecule has 2 N–H and O–H groups in total. The molecule has 1 aromatic rings. The molecule has 0 aromatic heterocycles. The van der Waals surface area contributed by atoms with E-state index in [0.29, 0.717) is 18.0 Å². The van der Waals surface area contributed by atoms with Crippen LogP contribution in [-0.4, -0.2) is 26.9 Å². The normalized spacial score (nSPS) is 20.9. The van der Waals surface area contributed by atoms with Gasteiger partial charge in [0.25, 0.3) is 5.91 Å². The summed E-state index contributed by atoms with van der Waals surface area (Å²) in [5.74, 6) is 0.457. The minimum atomic E-state index is -3.48. The molecule has 2 atom stereocenters. The Kier molecular flexibility index (Phi) is 6.80. The van der Waals surface area contributed by atoms with Gasteiger partial charge in [-0.05, 0) is 49.4 Å². The fourth-order valence-electron chi connectivity index (χ4n) is 3.35. The van der Waals surface area contributed by atoms with E-state index >= 15 is 0 Å². The number of benzene rings is 1. The second kappa shape index (κ2) is 8.62. The molecule has 134 valence electrons. The van der Waals surface area contributed by atoms with Gasteiger partial charge < -0.3 is 5.32 Å². The zero-order valence-corrected chi connectivity index (χ0v) is 15.4. The van der Waals surface area contributed by atoms with Crippen LogP contribution < -0.4 is 10.0 Å². The Hall–Kier alpha value is -1.40. The van der Waals surface area contributed by atoms with Crippen molar-refractivity contribution in [3.63, 3.8) is 0 Å². The molecule has 1 saturated carbocycles. The van der Waals surface area contributed by atoms with E-state index in [1.165, 1.54) is 44.2 Å². The Morgan fingerprint density at radius 1 is 1.17 bits per heavy atom. The monoisotopic (exact) mass is 352 g/mol. The van der Waals surface area contributed by atoms with Crippen LogP contribution in [0.5, 0.6) is 0 Å². The van der Waals surface area contributed by atoms with Crippen LogP contribution in [0.3, 0.4) is 0 Å². The van der Waals surface area contributed by atoms with E-state index in [2.05, 4.69) is 17.0 Å². The standard InChI is InChI=1S/C18H28N2O3S/c1-3-5-7-14-8-6-9-17(14)20-18(21)15-10-12-16(13-11-15)24(22,23)19-4-2/h10-14,17,19H,3-9H2,1-2H3,(H,20,21). The summed E-state index contributed by atoms with van der Waals surface area (Å²) in [4.78, 5) is 12.6. The van der Waals surface area contributed by atoms with Crippen molar-refractivity contribution in [3.05, 3.63) is 29.8 Å². The molecule has 2 unspecified atom stereocenters. The third-order valence-corrected chi connectivity index (χ3v) is 6.23. The zero-order chi connectivity index (χ0) is 17.6. The highest BCUT2D eigenvalue weighted by molar-refractivity contribution is 7.89. The lowest BCUT2D eigenvalue weighted by Crippen LogP contribution is -2.37. The molecule has 0 aliphatic heterocycles. The van der Waals surface area contributed by atoms with Crippen LogP contribution in [0.15, 0.2) is 29.2 Å². The van der Waals surface area contributed by atoms with Gasteiger partial charge in [0.15, 0.2) is 0 Å². The highest BCUT2D eigenvalue weighted by Gasteiger charge is 2.28. The molecular weight excluding hydrogens is 324 g/mol. The lowest BCUT2D eigenvalue weighted by Gasteiger charge is -2.21. The molecule has 1 amide bonds. The number of nitrogens with one attached hydrogen (secondary N) is 2. The third kappa shape index (κ3) is 4.80. The molecule has 1 aromatic carbocycles. The number of amides is 1. The summed E-state index contributed by atoms with van der Waals surface area (Å²) in [6.07, 6.45) is 6.94. The SMILES string of the molecule is CCCCC1CCCC1NC(=O)c1ccc(S(=O)(=O)NCC)cc1. The van der Waals surface area contributed by atoms with Crippen LogP contribution in [0.1, 0.15) is 62.7 Å². The Morgan fingerprint density at radius 2 is 1.88 bits per heavy atom. The minimum absolute atomic E-state index is 0.115. The molecule has 6 heteroatoms. The van der Waals surface area contributed by atoms with Crippen LogP contribution >= 0.6 is 0 Å². The van der Waals surface area contributed by atoms with Gasteiger partial charge in [-0.15, -0.1) is 0 Å². The molecule has 1 fully saturated rings. The van der Waals surface area contributed by atoms with E-state index in [0.717, 1.165) is 6.42 Å². The van der Waals surface area contributed by atoms with Gasteiger partial charge in [-0.1, -0.05) is 33.1 Å². The summed E-state index contributed by atoms with van der Waals surface area (Å²) >= 11 is 0. The largest absolute Gasteiger partial charge is 0.349 e. The first-order chi connectivity index (χ1) is 11.5. The molecule has 0 spiro atoms. The van der Waals surface area contributed by atoms with Crippen LogP contribution in [0.25, 0.3) is 0 Å². The maximum Gasteiger partial charge on any atom is 0.251 e. The molecule has 2 rings (SSSR count). The molecule has 0 heterocycles. The van der Waals surface area contributed by atoms with Gasteiger partial charge in [-0.3, -0.25) is 4.79 Å². The lowest BCUT2D eigenvalue weighted by molar-refractivity contribution is 0.0926. The predicted molar refractivity (Wildman–Crippen MR) is 95.4 cm³/mol. The molecule has 0 saturated heterocycles. The molecule has 0 bridgehead atoms. The smallest absolute Gasteiger partial charge is 0.251 e. The van der Waals surface area contributed by atoms with Crippen LogP contribution in [0.4, 0.5) is 0 Å². The second-order valence-corrected chi connectivity index (χ2v) is 8.21. The van der Waals surface area contributed by atoms with E-state index in [1.54, 1.807) is 19.1 Å². The molecule has 1 aliphatic rings. The van der Waals surface area contributed by atoms with Crippen LogP contribution in [0, 0.1) is 5.92 Å². The highest BCUT2D eigenvalue weighted by Crippen LogP contribution is 2.30. The first-order valence-electron chi connectivity index (χ1n) is 8.88. The summed E-state index contributed by atoms with van der Waals surface area (Å²) < 4.78 is 26.3. The Balaban J connectivity index is 2.00. The van der Waals surface area contributed by atoms with Crippen molar-refractivity contribution >= 4 is 15.9 Å². The molecular formula is C18H28N2O3S. The Morgan fingerprint density at radius 3 is 2.50 bits per heavy atom. The summed E-state index contributed by atoms with van der Waals surface area (Å²) in [6, 6.07) is 6.37. The van der Waals surface area contributed by atoms with Gasteiger partial charge in [0, 0.05) is 18.2 Å². The topological polar surface area (TPSA) is 75.3 Å². The molecule has 1 aliphatic carbocycles. The second-order valence-electron chi connectivity index (χ2n) is 6.44. The van der Waals surface area contributed by atoms with Gasteiger partial charge in [-0.2, -0.15) is 0 Å². The summed E-state index contributed by atoms with van der Waals surface area (Å²) in [7, 11) is -3.48. The molecule has 24 heavy (non-hydrogen) atoms. The van der Waals surface area contributed by atoms with Gasteiger partial charge >= 0.3 is 0 Å². The number of hydrogen-bond donors (Lipinski definition) is 2. The quantitative estimate of drug-likeness (QED) is 0.755. The summed E-state index contributed by atoms with van der Waals surface area (Å²) in [5.41, 5.74) is 0.506. The van der Waals surface area contributed by atoms with Crippen molar-refractivity contribution in [2.24, 2.45) is 5.92 Å². The van der Waals surface area contributed by atoms with Gasteiger partial charge in [0.1, 0.15) is 0 Å². The van der Waals surface area contributed by atoms with Gasteiger partial charge in [0.2, 0.25) is 10.0 Å². The highest BCUT2D eigenvalue weighted by atomic mass is 32.2. The number of carbonyl (C=O) groups excluding carboxylic acids is 1. The minimum Gasteiger partial charge on any atom is -0.349 e. The van der Waals surface area contributed by atoms with Gasteiger partial charge in [0.05, 0.1) is 4.90 Å². The summed E-state index contributed by atoms with van der Waals surface area (Å²) in [6.45, 7) is 4.26. The predicted octanol–water partition coefficient (Wildman–Crippen LogP) is 3.07. The van der Waals surface area contributed by atoms with E-state index in [-0.39, 0.29) is 16.8 Å². The lowest BCUT2D eigenvalue weighted by atomic mass is 9.96. The number of sulfonamides is 1. The van der Waals surface area contributed by atoms with E-state index in [9.17, 15) is 13.2 Å². The third-order valence-electron chi connectivity index (χ3n) is 4.67. The molecule has 5 nitrogen and oxygen atoms in total. The van der Waals surface area contributed by atoms with Gasteiger partial charge in [-0.25, -0.2) is 13.1 Å². The Bertz CT molecular complexity index is 641. The number of hydrogen-bond acceptors (Lipinski definition) is 3. The van der Waals surface area contributed by atoms with Crippen molar-refractivity contribution < 1.29 is 13.2 Å². The average molecular weight is 353 g/mol. The number of rotatable bonds is 8. The number of unbranched alkanes of at least 4 members (excludes halogenated alkanes) is 1. The van der Waals surface area contributed by atoms with Crippen LogP contribution in [-0.2, 0) is 10.0 Å². The fraction of sp³-hybridized carbons (Fsp3) is 0.611. The Labute approximate surface area is 145 Å². The average Bonchev–Trinajstić information content (AvgIpc) is 3.00. The first kappa shape index (κ1) is 18.9. The van der Waals surface area contributed by atoms with E-state index in [4.69, 9.17) is 0 Å². The van der Waals surface area contributed by atoms with Crippen molar-refractivity contribution in [2.75, 3.05) is 6.54 Å². The van der Waals surface area contributed by atoms with Crippen molar-refractivity contribution in [1.29, 1.82) is 0 Å². The van der Waals surface area contributed by atoms with E-state index in [1.807, 2.05) is 0 Å². The molecule has 0 radical (unpaired) electrons. The zero-order valence-electron chi connectivity index (χ0n) is 14.5. The maximum absolute atomic E-state index is 12.4. The fourth-order valence-corrected chi connectivity index (χ4v) is 4.39. The first-order valence-corrected chi connectivity index (χ1v) is 10.4. The van der Waals surface area contributed by atoms with Crippen molar-refractivity contribution in [1.82, 2.24) is 10.0 Å². The van der Waals surface area contributed by atoms with Crippen molar-refractivity contribution in [3.8, 4) is 0 Å². The van der Waals surface area contributed by atoms with E-state index < -0.39 is 10.0 Å². The maximum atomic E-state index is 12.4. The van der Waals surface area contributed by atoms with Crippen molar-refractivity contribution in [2.45, 2.75) is 63.3 Å². The van der Waals surface area contributed by atoms with Crippen LogP contribution in [0.2, 0.25) is 0 Å².